The molecule has 130 valence electrons. The monoisotopic (exact) mass is 340 g/mol. The molecule has 0 unspecified atom stereocenters. The third kappa shape index (κ3) is 3.92. The average Bonchev–Trinajstić information content (AvgIpc) is 3.25. The molecular weight excluding hydrogens is 320 g/mol. The first-order valence-electron chi connectivity index (χ1n) is 8.34. The lowest BCUT2D eigenvalue weighted by Gasteiger charge is -2.30. The van der Waals surface area contributed by atoms with Crippen LogP contribution < -0.4 is 0 Å². The minimum atomic E-state index is -0.130. The van der Waals surface area contributed by atoms with Crippen molar-refractivity contribution in [2.45, 2.75) is 26.0 Å². The fraction of sp³-hybridized carbons (Fsp3) is 0.412. The molecule has 0 saturated carbocycles. The summed E-state index contributed by atoms with van der Waals surface area (Å²) in [5.41, 5.74) is 1.16. The van der Waals surface area contributed by atoms with E-state index in [9.17, 15) is 0 Å². The van der Waals surface area contributed by atoms with E-state index in [0.717, 1.165) is 17.9 Å². The van der Waals surface area contributed by atoms with E-state index in [1.165, 1.54) is 0 Å². The van der Waals surface area contributed by atoms with Crippen molar-refractivity contribution in [3.05, 3.63) is 59.3 Å². The number of ether oxygens (including phenoxy) is 1. The van der Waals surface area contributed by atoms with Crippen molar-refractivity contribution in [2.75, 3.05) is 19.7 Å². The van der Waals surface area contributed by atoms with Crippen molar-refractivity contribution >= 4 is 0 Å². The van der Waals surface area contributed by atoms with Crippen LogP contribution in [-0.2, 0) is 17.7 Å². The highest BCUT2D eigenvalue weighted by Crippen LogP contribution is 2.20. The first-order chi connectivity index (χ1) is 12.3. The Morgan fingerprint density at radius 1 is 1.24 bits per heavy atom. The second-order valence-electron chi connectivity index (χ2n) is 6.14. The van der Waals surface area contributed by atoms with Crippen LogP contribution in [-0.4, -0.2) is 49.9 Å². The zero-order valence-corrected chi connectivity index (χ0v) is 14.1. The fourth-order valence-corrected chi connectivity index (χ4v) is 2.90. The molecule has 3 aromatic rings. The summed E-state index contributed by atoms with van der Waals surface area (Å²) in [7, 11) is 0. The summed E-state index contributed by atoms with van der Waals surface area (Å²) in [4.78, 5) is 11.1. The number of rotatable bonds is 5. The number of hydrogen-bond donors (Lipinski definition) is 1. The van der Waals surface area contributed by atoms with Crippen LogP contribution in [0.4, 0.5) is 0 Å². The molecule has 1 aromatic carbocycles. The number of nitrogens with zero attached hydrogens (tertiary/aromatic N) is 5. The van der Waals surface area contributed by atoms with Crippen LogP contribution in [0.5, 0.6) is 0 Å². The van der Waals surface area contributed by atoms with Crippen LogP contribution in [0.3, 0.4) is 0 Å². The first-order valence-corrected chi connectivity index (χ1v) is 8.34. The Morgan fingerprint density at radius 3 is 2.92 bits per heavy atom. The molecule has 1 saturated heterocycles. The van der Waals surface area contributed by atoms with Gasteiger partial charge in [0.15, 0.2) is 11.6 Å². The molecule has 8 heteroatoms. The van der Waals surface area contributed by atoms with E-state index >= 15 is 0 Å². The Bertz CT molecular complexity index is 815. The third-order valence-electron chi connectivity index (χ3n) is 4.13. The third-order valence-corrected chi connectivity index (χ3v) is 4.13. The highest BCUT2D eigenvalue weighted by atomic mass is 16.5. The van der Waals surface area contributed by atoms with Crippen LogP contribution in [0.15, 0.2) is 34.9 Å². The second-order valence-corrected chi connectivity index (χ2v) is 6.14. The lowest BCUT2D eigenvalue weighted by molar-refractivity contribution is -0.0379. The molecule has 0 radical (unpaired) electrons. The molecule has 1 fully saturated rings. The van der Waals surface area contributed by atoms with Crippen molar-refractivity contribution in [3.8, 4) is 0 Å². The second kappa shape index (κ2) is 7.12. The predicted molar refractivity (Wildman–Crippen MR) is 88.6 cm³/mol. The number of H-pyrrole nitrogens is 1. The molecule has 0 spiro atoms. The molecule has 1 aliphatic heterocycles. The van der Waals surface area contributed by atoms with Gasteiger partial charge in [-0.2, -0.15) is 10.1 Å². The fourth-order valence-electron chi connectivity index (χ4n) is 2.90. The Kier molecular flexibility index (Phi) is 4.53. The molecular formula is C17H20N6O2. The van der Waals surface area contributed by atoms with Gasteiger partial charge in [0.25, 0.3) is 0 Å². The number of aromatic amines is 1. The largest absolute Gasteiger partial charge is 0.367 e. The zero-order valence-electron chi connectivity index (χ0n) is 14.1. The molecule has 0 aliphatic carbocycles. The molecule has 0 bridgehead atoms. The van der Waals surface area contributed by atoms with Gasteiger partial charge < -0.3 is 9.26 Å². The molecule has 25 heavy (non-hydrogen) atoms. The van der Waals surface area contributed by atoms with E-state index in [2.05, 4.69) is 42.4 Å². The van der Waals surface area contributed by atoms with Crippen molar-refractivity contribution < 1.29 is 9.26 Å². The van der Waals surface area contributed by atoms with Crippen LogP contribution in [0.25, 0.3) is 0 Å². The molecule has 1 aliphatic rings. The Hall–Kier alpha value is -2.58. The van der Waals surface area contributed by atoms with Crippen LogP contribution in [0.1, 0.15) is 35.0 Å². The Morgan fingerprint density at radius 2 is 2.12 bits per heavy atom. The number of morpholine rings is 1. The SMILES string of the molecule is Cc1nc([C@@H]2CN(Cc3noc(Cc4ccccc4)n3)CCO2)n[nH]1. The predicted octanol–water partition coefficient (Wildman–Crippen LogP) is 1.66. The lowest BCUT2D eigenvalue weighted by Crippen LogP contribution is -2.38. The van der Waals surface area contributed by atoms with Gasteiger partial charge in [-0.3, -0.25) is 10.00 Å². The number of aromatic nitrogens is 5. The highest BCUT2D eigenvalue weighted by molar-refractivity contribution is 5.17. The van der Waals surface area contributed by atoms with Crippen molar-refractivity contribution in [1.29, 1.82) is 0 Å². The zero-order chi connectivity index (χ0) is 17.1. The molecule has 3 heterocycles. The quantitative estimate of drug-likeness (QED) is 0.755. The van der Waals surface area contributed by atoms with E-state index in [4.69, 9.17) is 9.26 Å². The maximum Gasteiger partial charge on any atom is 0.231 e. The van der Waals surface area contributed by atoms with E-state index < -0.39 is 0 Å². The topological polar surface area (TPSA) is 93.0 Å². The molecule has 2 aromatic heterocycles. The maximum atomic E-state index is 5.78. The van der Waals surface area contributed by atoms with E-state index in [0.29, 0.717) is 43.7 Å². The van der Waals surface area contributed by atoms with Crippen molar-refractivity contribution in [2.24, 2.45) is 0 Å². The van der Waals surface area contributed by atoms with Crippen LogP contribution in [0, 0.1) is 6.92 Å². The standard InChI is InChI=1S/C17H20N6O2/c1-12-18-17(21-20-12)14-10-23(7-8-24-14)11-15-19-16(25-22-15)9-13-5-3-2-4-6-13/h2-6,14H,7-11H2,1H3,(H,18,20,21)/t14-/m0/s1. The molecule has 1 N–H and O–H groups in total. The van der Waals surface area contributed by atoms with E-state index in [1.807, 2.05) is 25.1 Å². The first kappa shape index (κ1) is 15.9. The number of benzene rings is 1. The van der Waals surface area contributed by atoms with Crippen molar-refractivity contribution in [3.63, 3.8) is 0 Å². The summed E-state index contributed by atoms with van der Waals surface area (Å²) in [6.07, 6.45) is 0.519. The lowest BCUT2D eigenvalue weighted by atomic mass is 10.1. The van der Waals surface area contributed by atoms with Gasteiger partial charge in [0.2, 0.25) is 5.89 Å². The minimum absolute atomic E-state index is 0.130. The maximum absolute atomic E-state index is 5.78. The normalized spacial score (nSPS) is 18.5. The van der Waals surface area contributed by atoms with Gasteiger partial charge in [0, 0.05) is 13.1 Å². The Balaban J connectivity index is 1.37. The van der Waals surface area contributed by atoms with Gasteiger partial charge >= 0.3 is 0 Å². The molecule has 1 atom stereocenters. The summed E-state index contributed by atoms with van der Waals surface area (Å²) < 4.78 is 11.2. The summed E-state index contributed by atoms with van der Waals surface area (Å²) in [5.74, 6) is 2.81. The average molecular weight is 340 g/mol. The van der Waals surface area contributed by atoms with Gasteiger partial charge in [0.05, 0.1) is 19.6 Å². The molecule has 0 amide bonds. The van der Waals surface area contributed by atoms with E-state index in [-0.39, 0.29) is 6.10 Å². The summed E-state index contributed by atoms with van der Waals surface area (Å²) in [6.45, 7) is 4.67. The number of hydrogen-bond acceptors (Lipinski definition) is 7. The van der Waals surface area contributed by atoms with Gasteiger partial charge in [-0.15, -0.1) is 0 Å². The van der Waals surface area contributed by atoms with E-state index in [1.54, 1.807) is 0 Å². The summed E-state index contributed by atoms with van der Waals surface area (Å²) in [5, 5.41) is 11.2. The van der Waals surface area contributed by atoms with Gasteiger partial charge in [0.1, 0.15) is 11.9 Å². The minimum Gasteiger partial charge on any atom is -0.367 e. The van der Waals surface area contributed by atoms with Crippen LogP contribution in [0.2, 0.25) is 0 Å². The van der Waals surface area contributed by atoms with Crippen LogP contribution >= 0.6 is 0 Å². The molecule has 4 rings (SSSR count). The Labute approximate surface area is 145 Å². The number of aryl methyl sites for hydroxylation is 1. The van der Waals surface area contributed by atoms with Gasteiger partial charge in [-0.05, 0) is 12.5 Å². The van der Waals surface area contributed by atoms with Crippen molar-refractivity contribution in [1.82, 2.24) is 30.2 Å². The number of nitrogens with one attached hydrogen (secondary N) is 1. The van der Waals surface area contributed by atoms with Gasteiger partial charge in [-0.25, -0.2) is 4.98 Å². The smallest absolute Gasteiger partial charge is 0.231 e. The van der Waals surface area contributed by atoms with Gasteiger partial charge in [-0.1, -0.05) is 35.5 Å². The molecule has 8 nitrogen and oxygen atoms in total. The highest BCUT2D eigenvalue weighted by Gasteiger charge is 2.26. The summed E-state index contributed by atoms with van der Waals surface area (Å²) >= 11 is 0. The summed E-state index contributed by atoms with van der Waals surface area (Å²) in [6, 6.07) is 10.1.